The number of hydrogen-bond donors (Lipinski definition) is 2. The standard InChI is InChI=1S/C9H7N.C7H10N2O3/c1-2-6-9-8(4-1)5-3-7-10-9;1-5(10)7-8-2-3-9(7)4-6(11)12/h1-7H;2-3,5,10H,4H2,1H3,(H,11,12). The molecule has 0 amide bonds. The van der Waals surface area contributed by atoms with Crippen molar-refractivity contribution in [3.63, 3.8) is 0 Å². The zero-order chi connectivity index (χ0) is 15.9. The van der Waals surface area contributed by atoms with Crippen LogP contribution >= 0.6 is 0 Å². The number of para-hydroxylation sites is 1. The third-order valence-electron chi connectivity index (χ3n) is 2.94. The lowest BCUT2D eigenvalue weighted by Crippen LogP contribution is -2.12. The van der Waals surface area contributed by atoms with Gasteiger partial charge in [-0.05, 0) is 19.1 Å². The number of aliphatic hydroxyl groups excluding tert-OH is 1. The van der Waals surface area contributed by atoms with Crippen molar-refractivity contribution in [1.29, 1.82) is 0 Å². The molecule has 0 aliphatic rings. The molecule has 0 bridgehead atoms. The van der Waals surface area contributed by atoms with Gasteiger partial charge < -0.3 is 14.8 Å². The van der Waals surface area contributed by atoms with Crippen LogP contribution in [0.25, 0.3) is 10.9 Å². The van der Waals surface area contributed by atoms with E-state index in [-0.39, 0.29) is 6.54 Å². The quantitative estimate of drug-likeness (QED) is 0.774. The second kappa shape index (κ2) is 7.33. The first-order valence-electron chi connectivity index (χ1n) is 6.78. The van der Waals surface area contributed by atoms with Gasteiger partial charge in [-0.15, -0.1) is 0 Å². The van der Waals surface area contributed by atoms with Crippen LogP contribution in [0.1, 0.15) is 18.9 Å². The van der Waals surface area contributed by atoms with Crippen LogP contribution in [-0.2, 0) is 11.3 Å². The summed E-state index contributed by atoms with van der Waals surface area (Å²) in [6, 6.07) is 12.1. The number of benzene rings is 1. The van der Waals surface area contributed by atoms with Crippen molar-refractivity contribution in [2.24, 2.45) is 0 Å². The van der Waals surface area contributed by atoms with E-state index >= 15 is 0 Å². The van der Waals surface area contributed by atoms with Gasteiger partial charge in [0.2, 0.25) is 0 Å². The molecule has 114 valence electrons. The molecule has 2 heterocycles. The minimum atomic E-state index is -0.949. The van der Waals surface area contributed by atoms with Gasteiger partial charge in [-0.1, -0.05) is 24.3 Å². The number of aromatic nitrogens is 3. The summed E-state index contributed by atoms with van der Waals surface area (Å²) < 4.78 is 1.40. The number of rotatable bonds is 3. The summed E-state index contributed by atoms with van der Waals surface area (Å²) in [5, 5.41) is 18.8. The number of carbonyl (C=O) groups is 1. The van der Waals surface area contributed by atoms with Gasteiger partial charge in [-0.25, -0.2) is 4.98 Å². The smallest absolute Gasteiger partial charge is 0.323 e. The van der Waals surface area contributed by atoms with Crippen LogP contribution in [-0.4, -0.2) is 30.7 Å². The van der Waals surface area contributed by atoms with Crippen LogP contribution in [0.4, 0.5) is 0 Å². The molecule has 1 unspecified atom stereocenters. The Balaban J connectivity index is 0.000000162. The van der Waals surface area contributed by atoms with Gasteiger partial charge in [0, 0.05) is 24.0 Å². The number of carboxylic acids is 1. The zero-order valence-electron chi connectivity index (χ0n) is 12.1. The number of aliphatic carboxylic acids is 1. The maximum Gasteiger partial charge on any atom is 0.323 e. The average Bonchev–Trinajstić information content (AvgIpc) is 2.95. The first-order chi connectivity index (χ1) is 10.6. The predicted molar refractivity (Wildman–Crippen MR) is 82.2 cm³/mol. The molecule has 2 aromatic heterocycles. The minimum Gasteiger partial charge on any atom is -0.480 e. The molecule has 0 spiro atoms. The second-order valence-corrected chi connectivity index (χ2v) is 4.68. The van der Waals surface area contributed by atoms with Crippen LogP contribution in [0.2, 0.25) is 0 Å². The van der Waals surface area contributed by atoms with Crippen LogP contribution in [0.3, 0.4) is 0 Å². The number of aliphatic hydroxyl groups is 1. The van der Waals surface area contributed by atoms with E-state index in [1.807, 2.05) is 30.5 Å². The molecule has 0 radical (unpaired) electrons. The van der Waals surface area contributed by atoms with E-state index in [0.29, 0.717) is 5.82 Å². The molecule has 0 fully saturated rings. The summed E-state index contributed by atoms with van der Waals surface area (Å²) in [6.07, 6.45) is 4.06. The third-order valence-corrected chi connectivity index (χ3v) is 2.94. The van der Waals surface area contributed by atoms with Crippen molar-refractivity contribution in [3.8, 4) is 0 Å². The molecule has 6 nitrogen and oxygen atoms in total. The van der Waals surface area contributed by atoms with Crippen molar-refractivity contribution in [2.45, 2.75) is 19.6 Å². The van der Waals surface area contributed by atoms with Gasteiger partial charge in [-0.3, -0.25) is 9.78 Å². The van der Waals surface area contributed by atoms with E-state index in [1.165, 1.54) is 22.3 Å². The third kappa shape index (κ3) is 4.13. The summed E-state index contributed by atoms with van der Waals surface area (Å²) in [6.45, 7) is 1.38. The van der Waals surface area contributed by atoms with Crippen molar-refractivity contribution < 1.29 is 15.0 Å². The summed E-state index contributed by atoms with van der Waals surface area (Å²) in [7, 11) is 0. The van der Waals surface area contributed by atoms with Gasteiger partial charge in [-0.2, -0.15) is 0 Å². The van der Waals surface area contributed by atoms with Crippen LogP contribution in [0, 0.1) is 0 Å². The van der Waals surface area contributed by atoms with E-state index in [9.17, 15) is 4.79 Å². The first kappa shape index (κ1) is 15.7. The van der Waals surface area contributed by atoms with E-state index in [4.69, 9.17) is 10.2 Å². The Bertz CT molecular complexity index is 687. The molecule has 0 saturated carbocycles. The lowest BCUT2D eigenvalue weighted by molar-refractivity contribution is -0.137. The normalized spacial score (nSPS) is 11.5. The highest BCUT2D eigenvalue weighted by Gasteiger charge is 2.10. The molecule has 1 aromatic carbocycles. The van der Waals surface area contributed by atoms with E-state index in [2.05, 4.69) is 22.1 Å². The lowest BCUT2D eigenvalue weighted by atomic mass is 10.2. The first-order valence-corrected chi connectivity index (χ1v) is 6.78. The largest absolute Gasteiger partial charge is 0.480 e. The molecule has 3 rings (SSSR count). The van der Waals surface area contributed by atoms with E-state index in [1.54, 1.807) is 6.92 Å². The molecule has 3 aromatic rings. The van der Waals surface area contributed by atoms with Gasteiger partial charge in [0.15, 0.2) is 0 Å². The molecular weight excluding hydrogens is 282 g/mol. The van der Waals surface area contributed by atoms with E-state index < -0.39 is 12.1 Å². The molecular formula is C16H17N3O3. The number of imidazole rings is 1. The maximum absolute atomic E-state index is 10.3. The molecule has 1 atom stereocenters. The van der Waals surface area contributed by atoms with Crippen LogP contribution < -0.4 is 0 Å². The summed E-state index contributed by atoms with van der Waals surface area (Å²) in [4.78, 5) is 18.3. The highest BCUT2D eigenvalue weighted by Crippen LogP contribution is 2.09. The number of carboxylic acid groups (broad SMARTS) is 1. The Labute approximate surface area is 127 Å². The Morgan fingerprint density at radius 1 is 1.18 bits per heavy atom. The Morgan fingerprint density at radius 2 is 1.91 bits per heavy atom. The fourth-order valence-corrected chi connectivity index (χ4v) is 1.98. The SMILES string of the molecule is CC(O)c1nccn1CC(=O)O.c1ccc2ncccc2c1. The fourth-order valence-electron chi connectivity index (χ4n) is 1.98. The highest BCUT2D eigenvalue weighted by molar-refractivity contribution is 5.77. The maximum atomic E-state index is 10.3. The number of fused-ring (bicyclic) bond motifs is 1. The molecule has 0 aliphatic heterocycles. The van der Waals surface area contributed by atoms with Crippen molar-refractivity contribution >= 4 is 16.9 Å². The summed E-state index contributed by atoms with van der Waals surface area (Å²) in [5.41, 5.74) is 1.06. The van der Waals surface area contributed by atoms with Crippen LogP contribution in [0.15, 0.2) is 55.0 Å². The lowest BCUT2D eigenvalue weighted by Gasteiger charge is -2.05. The number of nitrogens with zero attached hydrogens (tertiary/aromatic N) is 3. The van der Waals surface area contributed by atoms with Crippen LogP contribution in [0.5, 0.6) is 0 Å². The van der Waals surface area contributed by atoms with Gasteiger partial charge in [0.05, 0.1) is 5.52 Å². The highest BCUT2D eigenvalue weighted by atomic mass is 16.4. The van der Waals surface area contributed by atoms with Gasteiger partial charge >= 0.3 is 5.97 Å². The van der Waals surface area contributed by atoms with Crippen molar-refractivity contribution in [2.75, 3.05) is 0 Å². The fraction of sp³-hybridized carbons (Fsp3) is 0.188. The summed E-state index contributed by atoms with van der Waals surface area (Å²) in [5.74, 6) is -0.577. The Kier molecular flexibility index (Phi) is 5.21. The molecule has 0 saturated heterocycles. The average molecular weight is 299 g/mol. The van der Waals surface area contributed by atoms with Gasteiger partial charge in [0.1, 0.15) is 18.5 Å². The Hall–Kier alpha value is -2.73. The number of hydrogen-bond acceptors (Lipinski definition) is 4. The molecule has 0 aliphatic carbocycles. The second-order valence-electron chi connectivity index (χ2n) is 4.68. The predicted octanol–water partition coefficient (Wildman–Crippen LogP) is 2.26. The zero-order valence-corrected chi connectivity index (χ0v) is 12.1. The van der Waals surface area contributed by atoms with Crippen molar-refractivity contribution in [3.05, 3.63) is 60.8 Å². The summed E-state index contributed by atoms with van der Waals surface area (Å²) >= 11 is 0. The topological polar surface area (TPSA) is 88.2 Å². The van der Waals surface area contributed by atoms with E-state index in [0.717, 1.165) is 5.52 Å². The minimum absolute atomic E-state index is 0.166. The monoisotopic (exact) mass is 299 g/mol. The van der Waals surface area contributed by atoms with Gasteiger partial charge in [0.25, 0.3) is 0 Å². The Morgan fingerprint density at radius 3 is 2.59 bits per heavy atom. The molecule has 2 N–H and O–H groups in total. The molecule has 6 heteroatoms. The molecule has 22 heavy (non-hydrogen) atoms. The number of pyridine rings is 1. The van der Waals surface area contributed by atoms with Crippen molar-refractivity contribution in [1.82, 2.24) is 14.5 Å².